The van der Waals surface area contributed by atoms with E-state index >= 15 is 0 Å². The molecule has 0 atom stereocenters. The monoisotopic (exact) mass is 338 g/mol. The molecule has 0 spiro atoms. The molecule has 0 radical (unpaired) electrons. The Morgan fingerprint density at radius 2 is 1.74 bits per heavy atom. The highest BCUT2D eigenvalue weighted by molar-refractivity contribution is 6.74. The quantitative estimate of drug-likeness (QED) is 0.292. The first-order valence-corrected chi connectivity index (χ1v) is 11.5. The number of allylic oxidation sites excluding steroid dienone is 1. The van der Waals surface area contributed by atoms with E-state index < -0.39 is 8.32 Å². The summed E-state index contributed by atoms with van der Waals surface area (Å²) in [6.07, 6.45) is 3.85. The summed E-state index contributed by atoms with van der Waals surface area (Å²) in [5, 5.41) is 0.172. The number of ether oxygens (including phenoxy) is 1. The van der Waals surface area contributed by atoms with E-state index in [2.05, 4.69) is 53.8 Å². The second-order valence-corrected chi connectivity index (χ2v) is 13.2. The molecule has 23 heavy (non-hydrogen) atoms. The summed E-state index contributed by atoms with van der Waals surface area (Å²) in [4.78, 5) is 11.9. The maximum absolute atomic E-state index is 11.9. The van der Waals surface area contributed by atoms with Gasteiger partial charge in [0.1, 0.15) is 0 Å². The second-order valence-electron chi connectivity index (χ2n) is 8.45. The molecular formula is C19H34O3Si. The van der Waals surface area contributed by atoms with E-state index in [1.807, 2.05) is 13.8 Å². The lowest BCUT2D eigenvalue weighted by atomic mass is 9.73. The molecule has 0 aromatic carbocycles. The van der Waals surface area contributed by atoms with Crippen molar-refractivity contribution in [1.82, 2.24) is 0 Å². The molecule has 0 aromatic heterocycles. The van der Waals surface area contributed by atoms with Crippen molar-refractivity contribution in [2.45, 2.75) is 85.0 Å². The van der Waals surface area contributed by atoms with Crippen molar-refractivity contribution >= 4 is 14.3 Å². The van der Waals surface area contributed by atoms with Crippen molar-refractivity contribution in [3.05, 3.63) is 22.8 Å². The molecule has 1 aliphatic rings. The molecule has 1 fully saturated rings. The van der Waals surface area contributed by atoms with Crippen LogP contribution in [0.25, 0.3) is 0 Å². The molecule has 0 N–H and O–H groups in total. The van der Waals surface area contributed by atoms with Crippen LogP contribution in [0.4, 0.5) is 0 Å². The Hall–Kier alpha value is -0.873. The molecule has 1 aliphatic carbocycles. The number of hydrogen-bond donors (Lipinski definition) is 0. The predicted octanol–water partition coefficient (Wildman–Crippen LogP) is 5.39. The number of carbonyl (C=O) groups is 1. The summed E-state index contributed by atoms with van der Waals surface area (Å²) < 4.78 is 11.9. The van der Waals surface area contributed by atoms with Crippen molar-refractivity contribution < 1.29 is 14.0 Å². The molecule has 0 saturated heterocycles. The minimum absolute atomic E-state index is 0.172. The van der Waals surface area contributed by atoms with E-state index in [0.717, 1.165) is 18.4 Å². The maximum atomic E-state index is 11.9. The third-order valence-corrected chi connectivity index (χ3v) is 9.48. The highest BCUT2D eigenvalue weighted by atomic mass is 28.4. The van der Waals surface area contributed by atoms with Gasteiger partial charge in [-0.3, -0.25) is 0 Å². The van der Waals surface area contributed by atoms with Crippen molar-refractivity contribution in [3.8, 4) is 0 Å². The van der Waals surface area contributed by atoms with Crippen LogP contribution >= 0.6 is 0 Å². The predicted molar refractivity (Wildman–Crippen MR) is 99.0 cm³/mol. The summed E-state index contributed by atoms with van der Waals surface area (Å²) >= 11 is 0. The van der Waals surface area contributed by atoms with E-state index in [4.69, 9.17) is 9.16 Å². The van der Waals surface area contributed by atoms with Gasteiger partial charge in [0.2, 0.25) is 0 Å². The van der Waals surface area contributed by atoms with Gasteiger partial charge >= 0.3 is 5.97 Å². The van der Waals surface area contributed by atoms with Crippen LogP contribution in [-0.2, 0) is 14.0 Å². The van der Waals surface area contributed by atoms with Crippen LogP contribution in [0.3, 0.4) is 0 Å². The van der Waals surface area contributed by atoms with Crippen LogP contribution in [-0.4, -0.2) is 26.5 Å². The molecule has 132 valence electrons. The molecule has 0 bridgehead atoms. The molecule has 0 aliphatic heterocycles. The summed E-state index contributed by atoms with van der Waals surface area (Å²) in [6, 6.07) is 0. The normalized spacial score (nSPS) is 21.5. The van der Waals surface area contributed by atoms with Crippen LogP contribution < -0.4 is 0 Å². The summed E-state index contributed by atoms with van der Waals surface area (Å²) in [5.74, 6) is -0.194. The highest BCUT2D eigenvalue weighted by Crippen LogP contribution is 2.49. The van der Waals surface area contributed by atoms with E-state index in [1.165, 1.54) is 11.1 Å². The van der Waals surface area contributed by atoms with Gasteiger partial charge in [0, 0.05) is 18.4 Å². The van der Waals surface area contributed by atoms with E-state index in [1.54, 1.807) is 0 Å². The van der Waals surface area contributed by atoms with Gasteiger partial charge in [0.25, 0.3) is 0 Å². The van der Waals surface area contributed by atoms with E-state index in [9.17, 15) is 4.79 Å². The molecule has 0 amide bonds. The number of esters is 1. The standard InChI is InChI=1S/C19H34O3Si/c1-10-21-17(20)15(4)16-12-19(13-16,11-14(2)3)22-23(8,9)18(5,6)7/h11H,10,12-13H2,1-9H3. The van der Waals surface area contributed by atoms with Crippen LogP contribution in [0, 0.1) is 0 Å². The van der Waals surface area contributed by atoms with Crippen LogP contribution in [0.5, 0.6) is 0 Å². The number of rotatable bonds is 5. The molecule has 0 aromatic rings. The lowest BCUT2D eigenvalue weighted by Gasteiger charge is -2.50. The number of hydrogen-bond acceptors (Lipinski definition) is 3. The second kappa shape index (κ2) is 6.94. The number of carbonyl (C=O) groups excluding carboxylic acids is 1. The largest absolute Gasteiger partial charge is 0.463 e. The lowest BCUT2D eigenvalue weighted by molar-refractivity contribution is -0.138. The first-order valence-electron chi connectivity index (χ1n) is 8.55. The smallest absolute Gasteiger partial charge is 0.333 e. The maximum Gasteiger partial charge on any atom is 0.333 e. The third kappa shape index (κ3) is 4.80. The summed E-state index contributed by atoms with van der Waals surface area (Å²) in [5.41, 5.74) is 2.94. The Bertz CT molecular complexity index is 509. The topological polar surface area (TPSA) is 35.5 Å². The Morgan fingerprint density at radius 1 is 1.22 bits per heavy atom. The SMILES string of the molecule is CCOC(=O)C(C)=C1CC(C=C(C)C)(O[Si](C)(C)C(C)(C)C)C1. The zero-order valence-corrected chi connectivity index (χ0v) is 17.4. The molecule has 4 heteroatoms. The van der Waals surface area contributed by atoms with Gasteiger partial charge in [0.05, 0.1) is 12.2 Å². The zero-order valence-electron chi connectivity index (χ0n) is 16.4. The zero-order chi connectivity index (χ0) is 18.1. The van der Waals surface area contributed by atoms with Crippen LogP contribution in [0.15, 0.2) is 22.8 Å². The first kappa shape index (κ1) is 20.2. The van der Waals surface area contributed by atoms with Gasteiger partial charge < -0.3 is 9.16 Å². The summed E-state index contributed by atoms with van der Waals surface area (Å²) in [7, 11) is -1.87. The molecule has 1 saturated carbocycles. The van der Waals surface area contributed by atoms with Gasteiger partial charge in [-0.15, -0.1) is 0 Å². The van der Waals surface area contributed by atoms with Gasteiger partial charge in [-0.1, -0.05) is 38.0 Å². The fourth-order valence-electron chi connectivity index (χ4n) is 2.71. The van der Waals surface area contributed by atoms with Gasteiger partial charge in [-0.25, -0.2) is 4.79 Å². The Kier molecular flexibility index (Phi) is 6.08. The van der Waals surface area contributed by atoms with E-state index in [0.29, 0.717) is 6.61 Å². The Balaban J connectivity index is 3.02. The van der Waals surface area contributed by atoms with Crippen molar-refractivity contribution in [2.75, 3.05) is 6.61 Å². The Morgan fingerprint density at radius 3 is 2.13 bits per heavy atom. The average Bonchev–Trinajstić information content (AvgIpc) is 2.32. The fraction of sp³-hybridized carbons (Fsp3) is 0.737. The van der Waals surface area contributed by atoms with Crippen molar-refractivity contribution in [3.63, 3.8) is 0 Å². The Labute approximate surface area is 143 Å². The van der Waals surface area contributed by atoms with Crippen molar-refractivity contribution in [1.29, 1.82) is 0 Å². The molecule has 0 heterocycles. The van der Waals surface area contributed by atoms with Gasteiger partial charge in [-0.05, 0) is 45.8 Å². The lowest BCUT2D eigenvalue weighted by Crippen LogP contribution is -2.53. The molecular weight excluding hydrogens is 304 g/mol. The molecule has 0 unspecified atom stereocenters. The van der Waals surface area contributed by atoms with Crippen molar-refractivity contribution in [2.24, 2.45) is 0 Å². The molecule has 3 nitrogen and oxygen atoms in total. The van der Waals surface area contributed by atoms with Crippen LogP contribution in [0.1, 0.15) is 61.3 Å². The first-order chi connectivity index (χ1) is 10.3. The summed E-state index contributed by atoms with van der Waals surface area (Å²) in [6.45, 7) is 19.7. The van der Waals surface area contributed by atoms with Gasteiger partial charge in [0.15, 0.2) is 8.32 Å². The van der Waals surface area contributed by atoms with Gasteiger partial charge in [-0.2, -0.15) is 0 Å². The average molecular weight is 339 g/mol. The van der Waals surface area contributed by atoms with E-state index in [-0.39, 0.29) is 16.6 Å². The highest BCUT2D eigenvalue weighted by Gasteiger charge is 2.49. The fourth-order valence-corrected chi connectivity index (χ4v) is 4.24. The minimum atomic E-state index is -1.87. The third-order valence-electron chi connectivity index (χ3n) is 4.95. The molecule has 1 rings (SSSR count). The van der Waals surface area contributed by atoms with Crippen LogP contribution in [0.2, 0.25) is 18.1 Å². The minimum Gasteiger partial charge on any atom is -0.463 e.